The molecule has 1 aromatic carbocycles. The van der Waals surface area contributed by atoms with E-state index in [1.807, 2.05) is 31.2 Å². The van der Waals surface area contributed by atoms with Crippen LogP contribution >= 0.6 is 0 Å². The normalized spacial score (nSPS) is 22.2. The Bertz CT molecular complexity index is 500. The lowest BCUT2D eigenvalue weighted by Gasteiger charge is -2.22. The maximum atomic E-state index is 12.3. The summed E-state index contributed by atoms with van der Waals surface area (Å²) in [5.41, 5.74) is 1.81. The van der Waals surface area contributed by atoms with E-state index < -0.39 is 18.2 Å². The first-order chi connectivity index (χ1) is 9.00. The van der Waals surface area contributed by atoms with Gasteiger partial charge in [-0.1, -0.05) is 18.2 Å². The summed E-state index contributed by atoms with van der Waals surface area (Å²) in [7, 11) is 1.68. The highest BCUT2D eigenvalue weighted by Gasteiger charge is 2.36. The zero-order valence-electron chi connectivity index (χ0n) is 11.0. The molecule has 0 spiro atoms. The van der Waals surface area contributed by atoms with Gasteiger partial charge in [-0.25, -0.2) is 4.79 Å². The molecule has 2 atom stereocenters. The Balaban J connectivity index is 2.09. The molecule has 5 heteroatoms. The number of aliphatic carboxylic acids is 1. The van der Waals surface area contributed by atoms with E-state index in [9.17, 15) is 9.59 Å². The van der Waals surface area contributed by atoms with Crippen molar-refractivity contribution in [3.63, 3.8) is 0 Å². The number of aryl methyl sites for hydroxylation is 1. The second-order valence-corrected chi connectivity index (χ2v) is 4.71. The Morgan fingerprint density at radius 3 is 2.47 bits per heavy atom. The van der Waals surface area contributed by atoms with Crippen molar-refractivity contribution in [3.05, 3.63) is 29.8 Å². The first-order valence-corrected chi connectivity index (χ1v) is 6.22. The van der Waals surface area contributed by atoms with E-state index in [1.165, 1.54) is 4.90 Å². The van der Waals surface area contributed by atoms with Gasteiger partial charge in [0, 0.05) is 12.7 Å². The number of rotatable bonds is 3. The lowest BCUT2D eigenvalue weighted by Crippen LogP contribution is -2.37. The SMILES string of the molecule is Cc1ccccc1N(C)C(=O)[C@@H]1CC[C@H](C(=O)O)O1. The second-order valence-electron chi connectivity index (χ2n) is 4.71. The van der Waals surface area contributed by atoms with Crippen LogP contribution in [0.15, 0.2) is 24.3 Å². The van der Waals surface area contributed by atoms with Gasteiger partial charge in [-0.3, -0.25) is 4.79 Å². The van der Waals surface area contributed by atoms with Crippen molar-refractivity contribution >= 4 is 17.6 Å². The minimum absolute atomic E-state index is 0.196. The Morgan fingerprint density at radius 1 is 1.26 bits per heavy atom. The highest BCUT2D eigenvalue weighted by atomic mass is 16.5. The smallest absolute Gasteiger partial charge is 0.332 e. The topological polar surface area (TPSA) is 66.8 Å². The Hall–Kier alpha value is -1.88. The molecule has 0 saturated carbocycles. The molecular weight excluding hydrogens is 246 g/mol. The van der Waals surface area contributed by atoms with E-state index in [0.717, 1.165) is 11.3 Å². The number of carbonyl (C=O) groups is 2. The van der Waals surface area contributed by atoms with Gasteiger partial charge in [0.1, 0.15) is 6.10 Å². The number of anilines is 1. The van der Waals surface area contributed by atoms with Crippen molar-refractivity contribution < 1.29 is 19.4 Å². The van der Waals surface area contributed by atoms with Gasteiger partial charge >= 0.3 is 5.97 Å². The van der Waals surface area contributed by atoms with Crippen LogP contribution in [0.25, 0.3) is 0 Å². The monoisotopic (exact) mass is 263 g/mol. The van der Waals surface area contributed by atoms with Crippen molar-refractivity contribution in [1.29, 1.82) is 0 Å². The number of benzene rings is 1. The molecule has 1 N–H and O–H groups in total. The zero-order chi connectivity index (χ0) is 14.0. The molecule has 5 nitrogen and oxygen atoms in total. The summed E-state index contributed by atoms with van der Waals surface area (Å²) >= 11 is 0. The van der Waals surface area contributed by atoms with Crippen LogP contribution in [0.1, 0.15) is 18.4 Å². The number of ether oxygens (including phenoxy) is 1. The molecule has 1 saturated heterocycles. The maximum Gasteiger partial charge on any atom is 0.332 e. The number of likely N-dealkylation sites (N-methyl/N-ethyl adjacent to an activating group) is 1. The molecule has 1 fully saturated rings. The minimum atomic E-state index is -1.01. The summed E-state index contributed by atoms with van der Waals surface area (Å²) in [5.74, 6) is -1.20. The molecule has 1 aliphatic heterocycles. The Morgan fingerprint density at radius 2 is 1.89 bits per heavy atom. The lowest BCUT2D eigenvalue weighted by molar-refractivity contribution is -0.151. The number of carbonyl (C=O) groups excluding carboxylic acids is 1. The third-order valence-electron chi connectivity index (χ3n) is 3.38. The molecule has 2 rings (SSSR count). The molecule has 1 aromatic rings. The number of carboxylic acids is 1. The van der Waals surface area contributed by atoms with Gasteiger partial charge in [0.25, 0.3) is 5.91 Å². The highest BCUT2D eigenvalue weighted by molar-refractivity contribution is 5.97. The van der Waals surface area contributed by atoms with Crippen LogP contribution in [-0.4, -0.2) is 36.2 Å². The zero-order valence-corrected chi connectivity index (χ0v) is 11.0. The summed E-state index contributed by atoms with van der Waals surface area (Å²) < 4.78 is 5.28. The second kappa shape index (κ2) is 5.40. The van der Waals surface area contributed by atoms with Crippen molar-refractivity contribution in [2.45, 2.75) is 32.0 Å². The summed E-state index contributed by atoms with van der Waals surface area (Å²) in [6, 6.07) is 7.55. The largest absolute Gasteiger partial charge is 0.479 e. The molecule has 0 radical (unpaired) electrons. The average Bonchev–Trinajstić information content (AvgIpc) is 2.87. The molecule has 102 valence electrons. The van der Waals surface area contributed by atoms with Crippen LogP contribution < -0.4 is 4.90 Å². The molecule has 1 aliphatic rings. The molecule has 1 heterocycles. The maximum absolute atomic E-state index is 12.3. The van der Waals surface area contributed by atoms with Crippen molar-refractivity contribution in [1.82, 2.24) is 0 Å². The fourth-order valence-electron chi connectivity index (χ4n) is 2.27. The van der Waals surface area contributed by atoms with E-state index >= 15 is 0 Å². The number of nitrogens with zero attached hydrogens (tertiary/aromatic N) is 1. The van der Waals surface area contributed by atoms with Crippen LogP contribution in [0.5, 0.6) is 0 Å². The van der Waals surface area contributed by atoms with Gasteiger partial charge < -0.3 is 14.7 Å². The predicted molar refractivity (Wildman–Crippen MR) is 70.1 cm³/mol. The van der Waals surface area contributed by atoms with Gasteiger partial charge in [-0.2, -0.15) is 0 Å². The molecule has 0 aliphatic carbocycles. The van der Waals surface area contributed by atoms with Crippen molar-refractivity contribution in [3.8, 4) is 0 Å². The summed E-state index contributed by atoms with van der Waals surface area (Å²) in [6.45, 7) is 1.93. The van der Waals surface area contributed by atoms with Crippen LogP contribution in [0, 0.1) is 6.92 Å². The molecule has 0 unspecified atom stereocenters. The van der Waals surface area contributed by atoms with Crippen LogP contribution in [-0.2, 0) is 14.3 Å². The van der Waals surface area contributed by atoms with E-state index in [2.05, 4.69) is 0 Å². The van der Waals surface area contributed by atoms with E-state index in [0.29, 0.717) is 12.8 Å². The predicted octanol–water partition coefficient (Wildman–Crippen LogP) is 1.59. The first-order valence-electron chi connectivity index (χ1n) is 6.22. The quantitative estimate of drug-likeness (QED) is 0.899. The Labute approximate surface area is 111 Å². The summed E-state index contributed by atoms with van der Waals surface area (Å²) in [5, 5.41) is 8.86. The molecule has 1 amide bonds. The van der Waals surface area contributed by atoms with Crippen LogP contribution in [0.2, 0.25) is 0 Å². The molecule has 0 bridgehead atoms. The van der Waals surface area contributed by atoms with Crippen molar-refractivity contribution in [2.24, 2.45) is 0 Å². The number of carboxylic acid groups (broad SMARTS) is 1. The van der Waals surface area contributed by atoms with E-state index in [4.69, 9.17) is 9.84 Å². The average molecular weight is 263 g/mol. The van der Waals surface area contributed by atoms with Gasteiger partial charge in [-0.05, 0) is 31.4 Å². The minimum Gasteiger partial charge on any atom is -0.479 e. The fourth-order valence-corrected chi connectivity index (χ4v) is 2.27. The van der Waals surface area contributed by atoms with Gasteiger partial charge in [-0.15, -0.1) is 0 Å². The van der Waals surface area contributed by atoms with E-state index in [-0.39, 0.29) is 5.91 Å². The fraction of sp³-hybridized carbons (Fsp3) is 0.429. The molecule has 0 aromatic heterocycles. The third-order valence-corrected chi connectivity index (χ3v) is 3.38. The number of hydrogen-bond acceptors (Lipinski definition) is 3. The van der Waals surface area contributed by atoms with E-state index in [1.54, 1.807) is 7.05 Å². The van der Waals surface area contributed by atoms with Gasteiger partial charge in [0.15, 0.2) is 6.10 Å². The van der Waals surface area contributed by atoms with Crippen molar-refractivity contribution in [2.75, 3.05) is 11.9 Å². The number of hydrogen-bond donors (Lipinski definition) is 1. The molecule has 19 heavy (non-hydrogen) atoms. The highest BCUT2D eigenvalue weighted by Crippen LogP contribution is 2.25. The van der Waals surface area contributed by atoms with Gasteiger partial charge in [0.05, 0.1) is 0 Å². The number of amides is 1. The first kappa shape index (κ1) is 13.5. The number of para-hydroxylation sites is 1. The molecular formula is C14H17NO4. The third kappa shape index (κ3) is 2.76. The summed E-state index contributed by atoms with van der Waals surface area (Å²) in [4.78, 5) is 24.6. The standard InChI is InChI=1S/C14H17NO4/c1-9-5-3-4-6-10(9)15(2)13(16)11-7-8-12(19-11)14(17)18/h3-6,11-12H,7-8H2,1-2H3,(H,17,18)/t11-,12+/m0/s1. The van der Waals surface area contributed by atoms with Crippen LogP contribution in [0.3, 0.4) is 0 Å². The lowest BCUT2D eigenvalue weighted by atomic mass is 10.1. The summed E-state index contributed by atoms with van der Waals surface area (Å²) in [6.07, 6.45) is -0.691. The van der Waals surface area contributed by atoms with Crippen LogP contribution in [0.4, 0.5) is 5.69 Å². The van der Waals surface area contributed by atoms with Gasteiger partial charge in [0.2, 0.25) is 0 Å². The Kier molecular flexibility index (Phi) is 3.85.